The van der Waals surface area contributed by atoms with Crippen molar-refractivity contribution in [2.24, 2.45) is 0 Å². The minimum absolute atomic E-state index is 0.119. The number of carbonyl (C=O) groups is 1. The van der Waals surface area contributed by atoms with E-state index in [1.54, 1.807) is 0 Å². The van der Waals surface area contributed by atoms with Crippen molar-refractivity contribution in [2.75, 3.05) is 11.1 Å². The number of rotatable bonds is 3. The minimum atomic E-state index is -0.119. The van der Waals surface area contributed by atoms with E-state index in [4.69, 9.17) is 5.73 Å². The normalized spacial score (nSPS) is 10.5. The number of aromatic amines is 1. The third-order valence-electron chi connectivity index (χ3n) is 3.11. The van der Waals surface area contributed by atoms with E-state index >= 15 is 0 Å². The van der Waals surface area contributed by atoms with E-state index in [9.17, 15) is 4.79 Å². The predicted octanol–water partition coefficient (Wildman–Crippen LogP) is 2.10. The van der Waals surface area contributed by atoms with Crippen LogP contribution in [0.3, 0.4) is 0 Å². The number of nitrogens with one attached hydrogen (secondary N) is 2. The highest BCUT2D eigenvalue weighted by Gasteiger charge is 2.11. The van der Waals surface area contributed by atoms with Crippen molar-refractivity contribution in [1.29, 1.82) is 0 Å². The monoisotopic (exact) mass is 258 g/mol. The maximum atomic E-state index is 12.0. The molecule has 0 aliphatic carbocycles. The lowest BCUT2D eigenvalue weighted by Gasteiger charge is -2.07. The number of hydrogen-bond acceptors (Lipinski definition) is 3. The average Bonchev–Trinajstić information content (AvgIpc) is 2.66. The molecule has 19 heavy (non-hydrogen) atoms. The first-order valence-electron chi connectivity index (χ1n) is 6.14. The summed E-state index contributed by atoms with van der Waals surface area (Å²) in [7, 11) is 0. The van der Waals surface area contributed by atoms with Crippen LogP contribution in [-0.4, -0.2) is 16.1 Å². The van der Waals surface area contributed by atoms with Crippen molar-refractivity contribution in [1.82, 2.24) is 10.2 Å². The summed E-state index contributed by atoms with van der Waals surface area (Å²) in [6.07, 6.45) is 0.318. The van der Waals surface area contributed by atoms with E-state index in [1.165, 1.54) is 0 Å². The Balaban J connectivity index is 2.09. The average molecular weight is 258 g/mol. The molecule has 0 bridgehead atoms. The molecule has 0 spiro atoms. The van der Waals surface area contributed by atoms with E-state index in [0.717, 1.165) is 22.4 Å². The Morgan fingerprint density at radius 2 is 2.11 bits per heavy atom. The summed E-state index contributed by atoms with van der Waals surface area (Å²) in [6, 6.07) is 6.07. The molecule has 1 aromatic carbocycles. The van der Waals surface area contributed by atoms with Crippen LogP contribution in [-0.2, 0) is 11.2 Å². The fraction of sp³-hybridized carbons (Fsp3) is 0.286. The second-order valence-electron chi connectivity index (χ2n) is 4.77. The van der Waals surface area contributed by atoms with Gasteiger partial charge in [-0.2, -0.15) is 5.10 Å². The Morgan fingerprint density at radius 3 is 2.74 bits per heavy atom. The molecule has 0 aliphatic rings. The van der Waals surface area contributed by atoms with E-state index in [-0.39, 0.29) is 5.91 Å². The first kappa shape index (κ1) is 13.1. The van der Waals surface area contributed by atoms with Crippen molar-refractivity contribution < 1.29 is 4.79 Å². The topological polar surface area (TPSA) is 83.8 Å². The number of aryl methyl sites for hydroxylation is 3. The van der Waals surface area contributed by atoms with Crippen LogP contribution < -0.4 is 11.1 Å². The van der Waals surface area contributed by atoms with Crippen molar-refractivity contribution in [3.05, 3.63) is 40.6 Å². The largest absolute Gasteiger partial charge is 0.394 e. The van der Waals surface area contributed by atoms with Gasteiger partial charge in [0.2, 0.25) is 5.91 Å². The number of benzene rings is 1. The third kappa shape index (κ3) is 2.93. The molecule has 0 unspecified atom stereocenters. The standard InChI is InChI=1S/C14H18N4O/c1-8-4-5-9(2)11(6-8)7-12(19)16-14-13(15)10(3)17-18-14/h4-6H,7,15H2,1-3H3,(H2,16,17,18,19). The fourth-order valence-electron chi connectivity index (χ4n) is 1.87. The van der Waals surface area contributed by atoms with Gasteiger partial charge in [0.25, 0.3) is 0 Å². The van der Waals surface area contributed by atoms with Gasteiger partial charge in [-0.3, -0.25) is 9.89 Å². The molecule has 5 heteroatoms. The summed E-state index contributed by atoms with van der Waals surface area (Å²) in [6.45, 7) is 5.81. The summed E-state index contributed by atoms with van der Waals surface area (Å²) in [4.78, 5) is 12.0. The fourth-order valence-corrected chi connectivity index (χ4v) is 1.87. The number of nitrogen functional groups attached to an aromatic ring is 1. The Hall–Kier alpha value is -2.30. The van der Waals surface area contributed by atoms with Crippen molar-refractivity contribution in [3.63, 3.8) is 0 Å². The van der Waals surface area contributed by atoms with Gasteiger partial charge in [0.1, 0.15) is 0 Å². The number of nitrogens with zero attached hydrogens (tertiary/aromatic N) is 1. The number of aromatic nitrogens is 2. The minimum Gasteiger partial charge on any atom is -0.394 e. The Bertz CT molecular complexity index is 616. The molecular formula is C14H18N4O. The highest BCUT2D eigenvalue weighted by molar-refractivity contribution is 5.94. The van der Waals surface area contributed by atoms with Crippen molar-refractivity contribution in [3.8, 4) is 0 Å². The van der Waals surface area contributed by atoms with Gasteiger partial charge in [-0.25, -0.2) is 0 Å². The van der Waals surface area contributed by atoms with Gasteiger partial charge in [-0.15, -0.1) is 0 Å². The second-order valence-corrected chi connectivity index (χ2v) is 4.77. The number of nitrogens with two attached hydrogens (primary N) is 1. The summed E-state index contributed by atoms with van der Waals surface area (Å²) < 4.78 is 0. The van der Waals surface area contributed by atoms with E-state index in [0.29, 0.717) is 17.9 Å². The molecule has 0 aliphatic heterocycles. The zero-order valence-electron chi connectivity index (χ0n) is 11.4. The SMILES string of the molecule is Cc1ccc(C)c(CC(=O)Nc2n[nH]c(C)c2N)c1. The van der Waals surface area contributed by atoms with E-state index < -0.39 is 0 Å². The number of carbonyl (C=O) groups excluding carboxylic acids is 1. The van der Waals surface area contributed by atoms with Crippen LogP contribution in [0.2, 0.25) is 0 Å². The molecule has 0 radical (unpaired) electrons. The van der Waals surface area contributed by atoms with Gasteiger partial charge in [-0.1, -0.05) is 23.8 Å². The van der Waals surface area contributed by atoms with Crippen LogP contribution in [0.25, 0.3) is 0 Å². The quantitative estimate of drug-likeness (QED) is 0.788. The molecule has 100 valence electrons. The summed E-state index contributed by atoms with van der Waals surface area (Å²) in [5.74, 6) is 0.278. The smallest absolute Gasteiger partial charge is 0.230 e. The molecule has 0 fully saturated rings. The molecule has 5 nitrogen and oxygen atoms in total. The maximum absolute atomic E-state index is 12.0. The highest BCUT2D eigenvalue weighted by atomic mass is 16.1. The predicted molar refractivity (Wildman–Crippen MR) is 76.0 cm³/mol. The van der Waals surface area contributed by atoms with Crippen molar-refractivity contribution >= 4 is 17.4 Å². The summed E-state index contributed by atoms with van der Waals surface area (Å²) in [5.41, 5.74) is 10.3. The van der Waals surface area contributed by atoms with Gasteiger partial charge in [-0.05, 0) is 31.9 Å². The van der Waals surface area contributed by atoms with Crippen LogP contribution in [0.4, 0.5) is 11.5 Å². The Morgan fingerprint density at radius 1 is 1.37 bits per heavy atom. The lowest BCUT2D eigenvalue weighted by Crippen LogP contribution is -2.16. The van der Waals surface area contributed by atoms with Gasteiger partial charge < -0.3 is 11.1 Å². The molecule has 2 aromatic rings. The molecule has 1 aromatic heterocycles. The van der Waals surface area contributed by atoms with Crippen molar-refractivity contribution in [2.45, 2.75) is 27.2 Å². The molecule has 0 atom stereocenters. The second kappa shape index (κ2) is 5.14. The molecule has 0 saturated carbocycles. The first-order valence-corrected chi connectivity index (χ1v) is 6.14. The Kier molecular flexibility index (Phi) is 3.55. The van der Waals surface area contributed by atoms with Crippen LogP contribution in [0, 0.1) is 20.8 Å². The number of H-pyrrole nitrogens is 1. The lowest BCUT2D eigenvalue weighted by molar-refractivity contribution is -0.115. The molecule has 4 N–H and O–H groups in total. The zero-order valence-corrected chi connectivity index (χ0v) is 11.4. The molecule has 2 rings (SSSR count). The van der Waals surface area contributed by atoms with Crippen LogP contribution in [0.5, 0.6) is 0 Å². The van der Waals surface area contributed by atoms with Crippen LogP contribution in [0.15, 0.2) is 18.2 Å². The Labute approximate surface area is 112 Å². The zero-order chi connectivity index (χ0) is 14.0. The maximum Gasteiger partial charge on any atom is 0.230 e. The summed E-state index contributed by atoms with van der Waals surface area (Å²) >= 11 is 0. The van der Waals surface area contributed by atoms with Crippen LogP contribution in [0.1, 0.15) is 22.4 Å². The van der Waals surface area contributed by atoms with E-state index in [1.807, 2.05) is 39.0 Å². The van der Waals surface area contributed by atoms with Gasteiger partial charge >= 0.3 is 0 Å². The van der Waals surface area contributed by atoms with Gasteiger partial charge in [0, 0.05) is 0 Å². The first-order chi connectivity index (χ1) is 8.97. The molecule has 1 amide bonds. The molecule has 0 saturated heterocycles. The third-order valence-corrected chi connectivity index (χ3v) is 3.11. The number of hydrogen-bond donors (Lipinski definition) is 3. The molecule has 1 heterocycles. The van der Waals surface area contributed by atoms with Gasteiger partial charge in [0.05, 0.1) is 17.8 Å². The highest BCUT2D eigenvalue weighted by Crippen LogP contribution is 2.18. The van der Waals surface area contributed by atoms with Crippen LogP contribution >= 0.6 is 0 Å². The van der Waals surface area contributed by atoms with Gasteiger partial charge in [0.15, 0.2) is 5.82 Å². The number of amides is 1. The van der Waals surface area contributed by atoms with E-state index in [2.05, 4.69) is 15.5 Å². The molecular weight excluding hydrogens is 240 g/mol. The summed E-state index contributed by atoms with van der Waals surface area (Å²) in [5, 5.41) is 9.41. The number of anilines is 2. The lowest BCUT2D eigenvalue weighted by atomic mass is 10.0.